The Balaban J connectivity index is 1.54. The summed E-state index contributed by atoms with van der Waals surface area (Å²) in [6, 6.07) is 9.37. The highest BCUT2D eigenvalue weighted by atomic mass is 19.1. The van der Waals surface area contributed by atoms with E-state index in [2.05, 4.69) is 20.1 Å². The van der Waals surface area contributed by atoms with E-state index in [1.54, 1.807) is 12.1 Å². The highest BCUT2D eigenvalue weighted by molar-refractivity contribution is 5.89. The van der Waals surface area contributed by atoms with Crippen molar-refractivity contribution in [1.82, 2.24) is 24.6 Å². The number of carbonyl (C=O) groups excluding carboxylic acids is 1. The van der Waals surface area contributed by atoms with Crippen molar-refractivity contribution in [2.45, 2.75) is 18.3 Å². The average Bonchev–Trinajstić information content (AvgIpc) is 3.58. The van der Waals surface area contributed by atoms with Gasteiger partial charge in [-0.05, 0) is 42.0 Å². The summed E-state index contributed by atoms with van der Waals surface area (Å²) < 4.78 is 30.9. The van der Waals surface area contributed by atoms with Gasteiger partial charge < -0.3 is 14.2 Å². The topological polar surface area (TPSA) is 101 Å². The Morgan fingerprint density at radius 2 is 1.85 bits per heavy atom. The maximum absolute atomic E-state index is 14.5. The minimum absolute atomic E-state index is 0.116. The highest BCUT2D eigenvalue weighted by Crippen LogP contribution is 2.55. The first kappa shape index (κ1) is 20.8. The molecule has 2 atom stereocenters. The zero-order chi connectivity index (χ0) is 23.1. The molecule has 1 saturated carbocycles. The molecule has 1 aromatic carbocycles. The first-order valence-corrected chi connectivity index (χ1v) is 10.2. The van der Waals surface area contributed by atoms with E-state index in [4.69, 9.17) is 14.2 Å². The number of esters is 1. The molecule has 10 heteroatoms. The van der Waals surface area contributed by atoms with E-state index in [9.17, 15) is 9.18 Å². The van der Waals surface area contributed by atoms with Crippen molar-refractivity contribution in [3.05, 3.63) is 65.4 Å². The quantitative estimate of drug-likeness (QED) is 0.413. The lowest BCUT2D eigenvalue weighted by molar-refractivity contribution is 0.0600. The van der Waals surface area contributed by atoms with Gasteiger partial charge in [-0.15, -0.1) is 0 Å². The molecule has 0 radical (unpaired) electrons. The van der Waals surface area contributed by atoms with Crippen LogP contribution < -0.4 is 9.47 Å². The van der Waals surface area contributed by atoms with Crippen LogP contribution in [0.4, 0.5) is 4.39 Å². The number of imidazole rings is 1. The Kier molecular flexibility index (Phi) is 5.12. The average molecular weight is 449 g/mol. The van der Waals surface area contributed by atoms with Crippen LogP contribution in [0.25, 0.3) is 16.9 Å². The van der Waals surface area contributed by atoms with Crippen LogP contribution >= 0.6 is 0 Å². The van der Waals surface area contributed by atoms with E-state index >= 15 is 0 Å². The SMILES string of the molecule is COC(=O)c1ccc([C@H]2C[C@@H]2c2cc(-c3cnc(OC)nc3OC)nn3c(F)cnc23)cc1. The second kappa shape index (κ2) is 8.12. The number of halogens is 1. The lowest BCUT2D eigenvalue weighted by Gasteiger charge is -2.11. The Morgan fingerprint density at radius 3 is 2.55 bits per heavy atom. The van der Waals surface area contributed by atoms with Gasteiger partial charge in [0.1, 0.15) is 0 Å². The standard InChI is InChI=1S/C23H20FN5O4/c1-31-21-17(10-26-23(27-21)33-3)18-9-16(20-25-11-19(24)29(20)28-18)15-8-14(15)12-4-6-13(7-5-12)22(30)32-2/h4-7,9-11,14-15H,8H2,1-3H3/t14-,15+/m1/s1. The maximum Gasteiger partial charge on any atom is 0.337 e. The van der Waals surface area contributed by atoms with Gasteiger partial charge in [0.15, 0.2) is 5.65 Å². The fourth-order valence-corrected chi connectivity index (χ4v) is 4.04. The van der Waals surface area contributed by atoms with Gasteiger partial charge in [-0.1, -0.05) is 12.1 Å². The van der Waals surface area contributed by atoms with Crippen LogP contribution in [0.3, 0.4) is 0 Å². The third kappa shape index (κ3) is 3.63. The summed E-state index contributed by atoms with van der Waals surface area (Å²) in [5.74, 6) is -0.348. The lowest BCUT2D eigenvalue weighted by atomic mass is 10.0. The molecule has 3 heterocycles. The molecule has 0 aliphatic heterocycles. The Bertz CT molecular complexity index is 1360. The molecule has 1 aliphatic rings. The van der Waals surface area contributed by atoms with Gasteiger partial charge in [0, 0.05) is 11.8 Å². The molecule has 0 amide bonds. The number of aromatic nitrogens is 5. The van der Waals surface area contributed by atoms with E-state index in [0.717, 1.165) is 23.7 Å². The van der Waals surface area contributed by atoms with Crippen molar-refractivity contribution >= 4 is 11.6 Å². The summed E-state index contributed by atoms with van der Waals surface area (Å²) in [6.45, 7) is 0. The van der Waals surface area contributed by atoms with Crippen LogP contribution in [-0.2, 0) is 4.74 Å². The molecule has 5 rings (SSSR count). The molecule has 0 unspecified atom stereocenters. The molecule has 0 spiro atoms. The maximum atomic E-state index is 14.5. The molecule has 9 nitrogen and oxygen atoms in total. The molecular weight excluding hydrogens is 429 g/mol. The van der Waals surface area contributed by atoms with E-state index in [1.807, 2.05) is 18.2 Å². The predicted octanol–water partition coefficient (Wildman–Crippen LogP) is 3.40. The van der Waals surface area contributed by atoms with E-state index in [0.29, 0.717) is 22.5 Å². The summed E-state index contributed by atoms with van der Waals surface area (Å²) in [7, 11) is 4.30. The minimum Gasteiger partial charge on any atom is -0.480 e. The molecule has 0 N–H and O–H groups in total. The number of nitrogens with zero attached hydrogens (tertiary/aromatic N) is 5. The summed E-state index contributed by atoms with van der Waals surface area (Å²) >= 11 is 0. The van der Waals surface area contributed by atoms with E-state index in [-0.39, 0.29) is 29.7 Å². The van der Waals surface area contributed by atoms with E-state index < -0.39 is 5.95 Å². The van der Waals surface area contributed by atoms with Crippen molar-refractivity contribution in [3.8, 4) is 23.1 Å². The van der Waals surface area contributed by atoms with Gasteiger partial charge >= 0.3 is 12.0 Å². The summed E-state index contributed by atoms with van der Waals surface area (Å²) in [5.41, 5.74) is 3.87. The third-order valence-corrected chi connectivity index (χ3v) is 5.79. The molecule has 0 bridgehead atoms. The zero-order valence-corrected chi connectivity index (χ0v) is 18.2. The van der Waals surface area contributed by atoms with Gasteiger partial charge in [0.25, 0.3) is 0 Å². The third-order valence-electron chi connectivity index (χ3n) is 5.79. The van der Waals surface area contributed by atoms with Crippen LogP contribution in [0.1, 0.15) is 39.7 Å². The molecular formula is C23H20FN5O4. The van der Waals surface area contributed by atoms with Crippen molar-refractivity contribution < 1.29 is 23.4 Å². The number of hydrogen-bond acceptors (Lipinski definition) is 8. The van der Waals surface area contributed by atoms with Crippen LogP contribution in [0.5, 0.6) is 11.9 Å². The van der Waals surface area contributed by atoms with Gasteiger partial charge in [-0.2, -0.15) is 19.0 Å². The second-order valence-electron chi connectivity index (χ2n) is 7.64. The van der Waals surface area contributed by atoms with Crippen LogP contribution in [0.2, 0.25) is 0 Å². The van der Waals surface area contributed by atoms with Crippen LogP contribution in [0, 0.1) is 5.95 Å². The first-order valence-electron chi connectivity index (χ1n) is 10.2. The van der Waals surface area contributed by atoms with Gasteiger partial charge in [-0.25, -0.2) is 14.8 Å². The summed E-state index contributed by atoms with van der Waals surface area (Å²) in [6.07, 6.45) is 3.55. The van der Waals surface area contributed by atoms with Crippen LogP contribution in [-0.4, -0.2) is 51.9 Å². The summed E-state index contributed by atoms with van der Waals surface area (Å²) in [5, 5.41) is 4.41. The van der Waals surface area contributed by atoms with Crippen molar-refractivity contribution in [1.29, 1.82) is 0 Å². The number of rotatable bonds is 6. The number of benzene rings is 1. The summed E-state index contributed by atoms with van der Waals surface area (Å²) in [4.78, 5) is 24.3. The normalized spacial score (nSPS) is 17.1. The van der Waals surface area contributed by atoms with Crippen molar-refractivity contribution in [2.75, 3.05) is 21.3 Å². The molecule has 3 aromatic heterocycles. The minimum atomic E-state index is -0.568. The Morgan fingerprint density at radius 1 is 1.06 bits per heavy atom. The van der Waals surface area contributed by atoms with Gasteiger partial charge in [0.2, 0.25) is 11.8 Å². The zero-order valence-electron chi connectivity index (χ0n) is 18.2. The monoisotopic (exact) mass is 449 g/mol. The molecule has 0 saturated heterocycles. The number of ether oxygens (including phenoxy) is 3. The smallest absolute Gasteiger partial charge is 0.337 e. The first-order chi connectivity index (χ1) is 16.0. The number of carbonyl (C=O) groups is 1. The Labute approximate surface area is 188 Å². The molecule has 168 valence electrons. The second-order valence-corrected chi connectivity index (χ2v) is 7.64. The predicted molar refractivity (Wildman–Crippen MR) is 115 cm³/mol. The van der Waals surface area contributed by atoms with Crippen LogP contribution in [0.15, 0.2) is 42.7 Å². The fraction of sp³-hybridized carbons (Fsp3) is 0.261. The van der Waals surface area contributed by atoms with Gasteiger partial charge in [0.05, 0.1) is 44.3 Å². The van der Waals surface area contributed by atoms with Crippen molar-refractivity contribution in [3.63, 3.8) is 0 Å². The fourth-order valence-electron chi connectivity index (χ4n) is 4.04. The van der Waals surface area contributed by atoms with E-state index in [1.165, 1.54) is 32.0 Å². The Hall–Kier alpha value is -4.08. The number of fused-ring (bicyclic) bond motifs is 1. The number of hydrogen-bond donors (Lipinski definition) is 0. The number of methoxy groups -OCH3 is 3. The van der Waals surface area contributed by atoms with Crippen molar-refractivity contribution in [2.24, 2.45) is 0 Å². The van der Waals surface area contributed by atoms with Gasteiger partial charge in [-0.3, -0.25) is 0 Å². The molecule has 1 fully saturated rings. The molecule has 33 heavy (non-hydrogen) atoms. The highest BCUT2D eigenvalue weighted by Gasteiger charge is 2.41. The molecule has 4 aromatic rings. The molecule has 1 aliphatic carbocycles. The lowest BCUT2D eigenvalue weighted by Crippen LogP contribution is -2.04. The largest absolute Gasteiger partial charge is 0.480 e.